The summed E-state index contributed by atoms with van der Waals surface area (Å²) in [4.78, 5) is 0. The first-order chi connectivity index (χ1) is 18.0. The summed E-state index contributed by atoms with van der Waals surface area (Å²) in [5.41, 5.74) is 1.20. The van der Waals surface area contributed by atoms with Crippen LogP contribution in [-0.4, -0.2) is 28.6 Å². The van der Waals surface area contributed by atoms with Crippen LogP contribution in [0.4, 0.5) is 0 Å². The number of hydrogen-bond donors (Lipinski definition) is 0. The highest BCUT2D eigenvalue weighted by atomic mass is 28.4. The second-order valence-electron chi connectivity index (χ2n) is 10.9. The molecule has 0 fully saturated rings. The molecule has 0 heterocycles. The van der Waals surface area contributed by atoms with E-state index in [4.69, 9.17) is 13.9 Å². The van der Waals surface area contributed by atoms with Gasteiger partial charge in [0.25, 0.3) is 8.32 Å². The lowest BCUT2D eigenvalue weighted by Gasteiger charge is -2.43. The Balaban J connectivity index is 1.35. The topological polar surface area (TPSA) is 27.7 Å². The van der Waals surface area contributed by atoms with Crippen molar-refractivity contribution in [1.29, 1.82) is 0 Å². The molecule has 0 atom stereocenters. The summed E-state index contributed by atoms with van der Waals surface area (Å²) in [5, 5.41) is 2.77. The first kappa shape index (κ1) is 29.2. The zero-order valence-corrected chi connectivity index (χ0v) is 24.4. The zero-order chi connectivity index (χ0) is 26.4. The van der Waals surface area contributed by atoms with Crippen molar-refractivity contribution in [1.82, 2.24) is 0 Å². The molecule has 4 heteroatoms. The van der Waals surface area contributed by atoms with Gasteiger partial charge in [0.05, 0.1) is 13.7 Å². The molecule has 0 radical (unpaired) electrons. The molecular formula is C33H46O3Si. The van der Waals surface area contributed by atoms with Gasteiger partial charge < -0.3 is 13.9 Å². The van der Waals surface area contributed by atoms with E-state index in [0.717, 1.165) is 31.8 Å². The van der Waals surface area contributed by atoms with E-state index in [1.54, 1.807) is 7.11 Å². The van der Waals surface area contributed by atoms with Gasteiger partial charge in [0.1, 0.15) is 5.75 Å². The fourth-order valence-corrected chi connectivity index (χ4v) is 9.69. The quantitative estimate of drug-likeness (QED) is 0.145. The molecule has 0 spiro atoms. The molecule has 0 amide bonds. The van der Waals surface area contributed by atoms with Crippen LogP contribution in [0.25, 0.3) is 0 Å². The molecule has 3 aromatic rings. The lowest BCUT2D eigenvalue weighted by Crippen LogP contribution is -2.66. The van der Waals surface area contributed by atoms with Gasteiger partial charge in [-0.05, 0) is 45.9 Å². The molecule has 0 N–H and O–H groups in total. The van der Waals surface area contributed by atoms with Gasteiger partial charge in [-0.3, -0.25) is 0 Å². The molecular weight excluding hydrogens is 472 g/mol. The van der Waals surface area contributed by atoms with Crippen LogP contribution in [-0.2, 0) is 15.8 Å². The Bertz CT molecular complexity index is 958. The summed E-state index contributed by atoms with van der Waals surface area (Å²) in [7, 11) is -0.702. The van der Waals surface area contributed by atoms with Gasteiger partial charge in [-0.1, -0.05) is 126 Å². The summed E-state index contributed by atoms with van der Waals surface area (Å²) in [6.07, 6.45) is 8.56. The molecule has 200 valence electrons. The van der Waals surface area contributed by atoms with Crippen molar-refractivity contribution in [2.75, 3.05) is 20.3 Å². The first-order valence-corrected chi connectivity index (χ1v) is 15.8. The SMILES string of the molecule is COc1ccc(COCCCCCCCCCO[Si](c2ccccc2)(c2ccccc2)C(C)(C)C)cc1. The molecule has 0 aliphatic heterocycles. The first-order valence-electron chi connectivity index (χ1n) is 13.9. The van der Waals surface area contributed by atoms with Crippen LogP contribution in [0.1, 0.15) is 71.3 Å². The minimum atomic E-state index is -2.39. The highest BCUT2D eigenvalue weighted by Crippen LogP contribution is 2.36. The monoisotopic (exact) mass is 518 g/mol. The molecule has 0 bridgehead atoms. The number of rotatable bonds is 16. The lowest BCUT2D eigenvalue weighted by molar-refractivity contribution is 0.116. The minimum absolute atomic E-state index is 0.0468. The van der Waals surface area contributed by atoms with Gasteiger partial charge >= 0.3 is 0 Å². The van der Waals surface area contributed by atoms with Crippen LogP contribution < -0.4 is 15.1 Å². The third-order valence-electron chi connectivity index (χ3n) is 7.10. The number of methoxy groups -OCH3 is 1. The number of unbranched alkanes of at least 4 members (excludes halogenated alkanes) is 6. The summed E-state index contributed by atoms with van der Waals surface area (Å²) >= 11 is 0. The summed E-state index contributed by atoms with van der Waals surface area (Å²) in [6.45, 7) is 9.37. The molecule has 0 aromatic heterocycles. The predicted octanol–water partition coefficient (Wildman–Crippen LogP) is 7.52. The normalized spacial score (nSPS) is 12.0. The van der Waals surface area contributed by atoms with Gasteiger partial charge in [0.2, 0.25) is 0 Å². The maximum absolute atomic E-state index is 7.00. The van der Waals surface area contributed by atoms with Crippen LogP contribution in [0.3, 0.4) is 0 Å². The molecule has 0 unspecified atom stereocenters. The largest absolute Gasteiger partial charge is 0.497 e. The van der Waals surface area contributed by atoms with Gasteiger partial charge in [-0.2, -0.15) is 0 Å². The van der Waals surface area contributed by atoms with E-state index in [9.17, 15) is 0 Å². The highest BCUT2D eigenvalue weighted by Gasteiger charge is 2.49. The van der Waals surface area contributed by atoms with E-state index in [1.165, 1.54) is 48.0 Å². The van der Waals surface area contributed by atoms with Gasteiger partial charge in [0.15, 0.2) is 0 Å². The fourth-order valence-electron chi connectivity index (χ4n) is 5.09. The Morgan fingerprint density at radius 2 is 1.08 bits per heavy atom. The third-order valence-corrected chi connectivity index (χ3v) is 12.1. The number of hydrogen-bond acceptors (Lipinski definition) is 3. The molecule has 0 saturated carbocycles. The minimum Gasteiger partial charge on any atom is -0.497 e. The van der Waals surface area contributed by atoms with Crippen LogP contribution in [0.15, 0.2) is 84.9 Å². The van der Waals surface area contributed by atoms with Crippen molar-refractivity contribution >= 4 is 18.7 Å². The number of benzene rings is 3. The lowest BCUT2D eigenvalue weighted by atomic mass is 10.1. The molecule has 0 aliphatic rings. The molecule has 0 saturated heterocycles. The predicted molar refractivity (Wildman–Crippen MR) is 159 cm³/mol. The second-order valence-corrected chi connectivity index (χ2v) is 15.2. The summed E-state index contributed by atoms with van der Waals surface area (Å²) < 4.78 is 18.0. The smallest absolute Gasteiger partial charge is 0.261 e. The van der Waals surface area contributed by atoms with E-state index in [0.29, 0.717) is 6.61 Å². The third kappa shape index (κ3) is 8.56. The van der Waals surface area contributed by atoms with Crippen molar-refractivity contribution in [3.8, 4) is 5.75 Å². The van der Waals surface area contributed by atoms with Gasteiger partial charge in [-0.25, -0.2) is 0 Å². The van der Waals surface area contributed by atoms with Crippen LogP contribution in [0.5, 0.6) is 5.75 Å². The second kappa shape index (κ2) is 15.1. The van der Waals surface area contributed by atoms with Crippen LogP contribution in [0.2, 0.25) is 5.04 Å². The van der Waals surface area contributed by atoms with Crippen molar-refractivity contribution in [3.63, 3.8) is 0 Å². The number of ether oxygens (including phenoxy) is 2. The van der Waals surface area contributed by atoms with Crippen molar-refractivity contribution in [2.24, 2.45) is 0 Å². The van der Waals surface area contributed by atoms with E-state index in [-0.39, 0.29) is 5.04 Å². The standard InChI is InChI=1S/C33H46O3Si/c1-33(2,3)37(31-18-12-10-13-19-31,32-20-14-11-15-21-32)36-27-17-9-7-5-6-8-16-26-35-28-29-22-24-30(34-4)25-23-29/h10-15,18-25H,5-9,16-17,26-28H2,1-4H3. The van der Waals surface area contributed by atoms with Gasteiger partial charge in [-0.15, -0.1) is 0 Å². The molecule has 3 rings (SSSR count). The Labute approximate surface area is 226 Å². The van der Waals surface area contributed by atoms with E-state index < -0.39 is 8.32 Å². The average Bonchev–Trinajstić information content (AvgIpc) is 2.92. The maximum Gasteiger partial charge on any atom is 0.261 e. The summed E-state index contributed by atoms with van der Waals surface area (Å²) in [5.74, 6) is 0.887. The van der Waals surface area contributed by atoms with Crippen molar-refractivity contribution in [3.05, 3.63) is 90.5 Å². The Morgan fingerprint density at radius 3 is 1.57 bits per heavy atom. The Hall–Kier alpha value is -2.40. The molecule has 37 heavy (non-hydrogen) atoms. The van der Waals surface area contributed by atoms with E-state index >= 15 is 0 Å². The molecule has 0 aliphatic carbocycles. The molecule has 3 aromatic carbocycles. The van der Waals surface area contributed by atoms with E-state index in [1.807, 2.05) is 12.1 Å². The van der Waals surface area contributed by atoms with Crippen LogP contribution >= 0.6 is 0 Å². The molecule has 3 nitrogen and oxygen atoms in total. The Morgan fingerprint density at radius 1 is 0.595 bits per heavy atom. The fraction of sp³-hybridized carbons (Fsp3) is 0.455. The average molecular weight is 519 g/mol. The van der Waals surface area contributed by atoms with Crippen LogP contribution in [0, 0.1) is 0 Å². The van der Waals surface area contributed by atoms with E-state index in [2.05, 4.69) is 93.6 Å². The summed E-state index contributed by atoms with van der Waals surface area (Å²) in [6, 6.07) is 30.0. The maximum atomic E-state index is 7.00. The van der Waals surface area contributed by atoms with Gasteiger partial charge in [0, 0.05) is 13.2 Å². The zero-order valence-electron chi connectivity index (χ0n) is 23.4. The van der Waals surface area contributed by atoms with Crippen molar-refractivity contribution < 1.29 is 13.9 Å². The Kier molecular flexibility index (Phi) is 11.9. The highest BCUT2D eigenvalue weighted by molar-refractivity contribution is 6.99. The van der Waals surface area contributed by atoms with Crippen molar-refractivity contribution in [2.45, 2.75) is 77.4 Å².